The molecule has 0 radical (unpaired) electrons. The number of nitrogens with zero attached hydrogens (tertiary/aromatic N) is 3. The number of pyridine rings is 1. The van der Waals surface area contributed by atoms with E-state index in [0.29, 0.717) is 26.9 Å². The normalized spacial score (nSPS) is 11.3. The van der Waals surface area contributed by atoms with Crippen LogP contribution >= 0.6 is 23.2 Å². The van der Waals surface area contributed by atoms with Gasteiger partial charge in [-0.1, -0.05) is 35.3 Å². The van der Waals surface area contributed by atoms with Gasteiger partial charge < -0.3 is 0 Å². The van der Waals surface area contributed by atoms with E-state index in [-0.39, 0.29) is 0 Å². The molecule has 130 valence electrons. The van der Waals surface area contributed by atoms with Crippen LogP contribution in [0.2, 0.25) is 10.0 Å². The molecule has 0 aliphatic carbocycles. The first kappa shape index (κ1) is 17.0. The summed E-state index contributed by atoms with van der Waals surface area (Å²) in [5.74, 6) is 0.119. The molecule has 4 rings (SSSR count). The quantitative estimate of drug-likeness (QED) is 0.414. The maximum Gasteiger partial charge on any atom is 0.150 e. The molecule has 2 aromatic carbocycles. The van der Waals surface area contributed by atoms with E-state index in [1.165, 1.54) is 6.07 Å². The molecule has 26 heavy (non-hydrogen) atoms. The monoisotopic (exact) mass is 385 g/mol. The number of fused-ring (bicyclic) bond motifs is 1. The van der Waals surface area contributed by atoms with E-state index < -0.39 is 5.82 Å². The third-order valence-corrected chi connectivity index (χ3v) is 4.85. The Kier molecular flexibility index (Phi) is 4.17. The van der Waals surface area contributed by atoms with E-state index in [0.717, 1.165) is 22.3 Å². The van der Waals surface area contributed by atoms with Crippen LogP contribution in [0.25, 0.3) is 28.0 Å². The predicted molar refractivity (Wildman–Crippen MR) is 104 cm³/mol. The summed E-state index contributed by atoms with van der Waals surface area (Å²) in [7, 11) is 0. The zero-order valence-corrected chi connectivity index (χ0v) is 15.6. The van der Waals surface area contributed by atoms with Gasteiger partial charge in [0.2, 0.25) is 0 Å². The number of aromatic nitrogens is 3. The summed E-state index contributed by atoms with van der Waals surface area (Å²) in [5.41, 5.74) is 4.53. The van der Waals surface area contributed by atoms with Gasteiger partial charge in [0.1, 0.15) is 17.7 Å². The second kappa shape index (κ2) is 6.38. The Morgan fingerprint density at radius 1 is 1.00 bits per heavy atom. The summed E-state index contributed by atoms with van der Waals surface area (Å²) in [6.45, 7) is 3.96. The van der Waals surface area contributed by atoms with Gasteiger partial charge >= 0.3 is 0 Å². The largest absolute Gasteiger partial charge is 0.279 e. The fourth-order valence-electron chi connectivity index (χ4n) is 3.11. The molecule has 0 fully saturated rings. The Bertz CT molecular complexity index is 1150. The van der Waals surface area contributed by atoms with Gasteiger partial charge in [-0.25, -0.2) is 14.4 Å². The Morgan fingerprint density at radius 2 is 1.81 bits per heavy atom. The minimum atomic E-state index is -0.450. The number of benzene rings is 2. The van der Waals surface area contributed by atoms with Crippen LogP contribution in [0.1, 0.15) is 11.1 Å². The Hall–Kier alpha value is -2.43. The highest BCUT2D eigenvalue weighted by atomic mass is 35.5. The predicted octanol–water partition coefficient (Wildman–Crippen LogP) is 6.15. The SMILES string of the molecule is Cc1ccc(-c2c(C)ccnc2-n2cnc3cc(Cl)cc(F)c32)c(Cl)c1. The summed E-state index contributed by atoms with van der Waals surface area (Å²) >= 11 is 12.4. The molecule has 6 heteroatoms. The van der Waals surface area contributed by atoms with Gasteiger partial charge in [-0.05, 0) is 49.2 Å². The van der Waals surface area contributed by atoms with E-state index >= 15 is 0 Å². The molecule has 0 saturated heterocycles. The fraction of sp³-hybridized carbons (Fsp3) is 0.100. The lowest BCUT2D eigenvalue weighted by atomic mass is 10.00. The van der Waals surface area contributed by atoms with Gasteiger partial charge in [0, 0.05) is 27.4 Å². The molecule has 0 bridgehead atoms. The van der Waals surface area contributed by atoms with Gasteiger partial charge in [-0.15, -0.1) is 0 Å². The van der Waals surface area contributed by atoms with E-state index in [1.807, 2.05) is 38.1 Å². The molecule has 2 aromatic heterocycles. The minimum absolute atomic E-state index is 0.305. The van der Waals surface area contributed by atoms with Crippen molar-refractivity contribution in [2.45, 2.75) is 13.8 Å². The van der Waals surface area contributed by atoms with Gasteiger partial charge in [0.25, 0.3) is 0 Å². The molecule has 0 atom stereocenters. The maximum atomic E-state index is 14.6. The van der Waals surface area contributed by atoms with Crippen molar-refractivity contribution in [1.29, 1.82) is 0 Å². The summed E-state index contributed by atoms with van der Waals surface area (Å²) in [6.07, 6.45) is 3.24. The van der Waals surface area contributed by atoms with Crippen LogP contribution in [0.4, 0.5) is 4.39 Å². The van der Waals surface area contributed by atoms with Crippen LogP contribution in [0, 0.1) is 19.7 Å². The minimum Gasteiger partial charge on any atom is -0.279 e. The third-order valence-electron chi connectivity index (χ3n) is 4.32. The number of halogens is 3. The molecular weight excluding hydrogens is 372 g/mol. The van der Waals surface area contributed by atoms with Crippen molar-refractivity contribution in [2.24, 2.45) is 0 Å². The molecule has 0 N–H and O–H groups in total. The zero-order valence-electron chi connectivity index (χ0n) is 14.1. The average molecular weight is 386 g/mol. The average Bonchev–Trinajstić information content (AvgIpc) is 2.99. The lowest BCUT2D eigenvalue weighted by Crippen LogP contribution is -2.02. The number of rotatable bonds is 2. The summed E-state index contributed by atoms with van der Waals surface area (Å²) in [6, 6.07) is 10.7. The maximum absolute atomic E-state index is 14.6. The van der Waals surface area contributed by atoms with Crippen molar-refractivity contribution in [2.75, 3.05) is 0 Å². The van der Waals surface area contributed by atoms with E-state index in [4.69, 9.17) is 23.2 Å². The van der Waals surface area contributed by atoms with Crippen LogP contribution in [0.3, 0.4) is 0 Å². The molecule has 2 heterocycles. The Balaban J connectivity index is 2.04. The van der Waals surface area contributed by atoms with E-state index in [9.17, 15) is 4.39 Å². The van der Waals surface area contributed by atoms with Crippen LogP contribution in [0.15, 0.2) is 48.9 Å². The highest BCUT2D eigenvalue weighted by molar-refractivity contribution is 6.33. The number of aryl methyl sites for hydroxylation is 2. The summed E-state index contributed by atoms with van der Waals surface area (Å²) < 4.78 is 16.2. The molecular formula is C20H14Cl2FN3. The van der Waals surface area contributed by atoms with Gasteiger partial charge in [-0.3, -0.25) is 4.57 Å². The lowest BCUT2D eigenvalue weighted by molar-refractivity contribution is 0.634. The molecule has 4 aromatic rings. The summed E-state index contributed by atoms with van der Waals surface area (Å²) in [4.78, 5) is 8.78. The second-order valence-corrected chi connectivity index (χ2v) is 7.02. The third kappa shape index (κ3) is 2.75. The highest BCUT2D eigenvalue weighted by Crippen LogP contribution is 2.36. The van der Waals surface area contributed by atoms with Crippen LogP contribution in [0.5, 0.6) is 0 Å². The van der Waals surface area contributed by atoms with Gasteiger partial charge in [0.15, 0.2) is 5.82 Å². The van der Waals surface area contributed by atoms with Crippen LogP contribution in [-0.4, -0.2) is 14.5 Å². The van der Waals surface area contributed by atoms with Crippen LogP contribution in [-0.2, 0) is 0 Å². The fourth-order valence-corrected chi connectivity index (χ4v) is 3.64. The van der Waals surface area contributed by atoms with Crippen molar-refractivity contribution in [3.05, 3.63) is 75.9 Å². The number of hydrogen-bond donors (Lipinski definition) is 0. The van der Waals surface area contributed by atoms with Crippen molar-refractivity contribution in [1.82, 2.24) is 14.5 Å². The van der Waals surface area contributed by atoms with Crippen molar-refractivity contribution < 1.29 is 4.39 Å². The van der Waals surface area contributed by atoms with Gasteiger partial charge in [-0.2, -0.15) is 0 Å². The summed E-state index contributed by atoms with van der Waals surface area (Å²) in [5, 5.41) is 0.926. The zero-order chi connectivity index (χ0) is 18.4. The van der Waals surface area contributed by atoms with Gasteiger partial charge in [0.05, 0.1) is 5.52 Å². The molecule has 0 amide bonds. The molecule has 0 saturated carbocycles. The number of hydrogen-bond acceptors (Lipinski definition) is 2. The first-order chi connectivity index (χ1) is 12.5. The molecule has 0 spiro atoms. The van der Waals surface area contributed by atoms with Crippen molar-refractivity contribution in [3.8, 4) is 16.9 Å². The second-order valence-electron chi connectivity index (χ2n) is 6.18. The van der Waals surface area contributed by atoms with Crippen LogP contribution < -0.4 is 0 Å². The van der Waals surface area contributed by atoms with Crippen molar-refractivity contribution in [3.63, 3.8) is 0 Å². The van der Waals surface area contributed by atoms with Crippen molar-refractivity contribution >= 4 is 34.2 Å². The van der Waals surface area contributed by atoms with E-state index in [1.54, 1.807) is 23.2 Å². The molecule has 0 aliphatic rings. The Morgan fingerprint density at radius 3 is 2.58 bits per heavy atom. The lowest BCUT2D eigenvalue weighted by Gasteiger charge is -2.15. The highest BCUT2D eigenvalue weighted by Gasteiger charge is 2.18. The standard InChI is InChI=1S/C20H14Cl2FN3/c1-11-3-4-14(15(22)7-11)18-12(2)5-6-24-20(18)26-10-25-17-9-13(21)8-16(23)19(17)26/h3-10H,1-2H3. The first-order valence-electron chi connectivity index (χ1n) is 8.00. The molecule has 0 unspecified atom stereocenters. The molecule has 3 nitrogen and oxygen atoms in total. The smallest absolute Gasteiger partial charge is 0.150 e. The number of imidazole rings is 1. The van der Waals surface area contributed by atoms with E-state index in [2.05, 4.69) is 9.97 Å². The first-order valence-corrected chi connectivity index (χ1v) is 8.76. The Labute approximate surface area is 160 Å². The topological polar surface area (TPSA) is 30.7 Å². The molecule has 0 aliphatic heterocycles.